The second kappa shape index (κ2) is 10.7. The standard InChI is InChI=1S/C22H25N3O5S/c1-29-18-13-11-17(12-14-18)22-24-21(30-25-22)10-5-9-20(26)23-15-6-16-31(27,28)19-7-3-2-4-8-19/h2-4,7-8,11-14H,5-6,9-10,15-16H2,1H3,(H,23,26). The SMILES string of the molecule is COc1ccc(-c2noc(CCCC(=O)NCCCS(=O)(=O)c3ccccc3)n2)cc1. The van der Waals surface area contributed by atoms with Crippen molar-refractivity contribution < 1.29 is 22.5 Å². The van der Waals surface area contributed by atoms with Gasteiger partial charge >= 0.3 is 0 Å². The number of amides is 1. The van der Waals surface area contributed by atoms with Crippen molar-refractivity contribution in [3.63, 3.8) is 0 Å². The fraction of sp³-hybridized carbons (Fsp3) is 0.318. The van der Waals surface area contributed by atoms with Crippen molar-refractivity contribution in [3.05, 3.63) is 60.5 Å². The smallest absolute Gasteiger partial charge is 0.226 e. The van der Waals surface area contributed by atoms with Crippen LogP contribution in [0.5, 0.6) is 5.75 Å². The molecule has 0 bridgehead atoms. The number of aryl methyl sites for hydroxylation is 1. The molecule has 2 aromatic carbocycles. The van der Waals surface area contributed by atoms with Crippen LogP contribution in [-0.2, 0) is 21.1 Å². The van der Waals surface area contributed by atoms with Crippen molar-refractivity contribution in [2.45, 2.75) is 30.6 Å². The second-order valence-electron chi connectivity index (χ2n) is 6.93. The zero-order chi connectivity index (χ0) is 22.1. The third-order valence-electron chi connectivity index (χ3n) is 4.63. The number of rotatable bonds is 11. The predicted molar refractivity (Wildman–Crippen MR) is 115 cm³/mol. The second-order valence-corrected chi connectivity index (χ2v) is 9.04. The zero-order valence-electron chi connectivity index (χ0n) is 17.3. The number of aromatic nitrogens is 2. The van der Waals surface area contributed by atoms with Gasteiger partial charge in [0.05, 0.1) is 17.8 Å². The fourth-order valence-electron chi connectivity index (χ4n) is 2.94. The van der Waals surface area contributed by atoms with Crippen molar-refractivity contribution in [1.29, 1.82) is 0 Å². The first-order chi connectivity index (χ1) is 15.0. The molecule has 1 aromatic heterocycles. The van der Waals surface area contributed by atoms with Crippen LogP contribution >= 0.6 is 0 Å². The molecule has 3 rings (SSSR count). The van der Waals surface area contributed by atoms with Crippen LogP contribution in [0, 0.1) is 0 Å². The van der Waals surface area contributed by atoms with E-state index in [4.69, 9.17) is 9.26 Å². The van der Waals surface area contributed by atoms with Gasteiger partial charge in [0, 0.05) is 24.9 Å². The number of carbonyl (C=O) groups excluding carboxylic acids is 1. The molecule has 0 atom stereocenters. The van der Waals surface area contributed by atoms with Crippen LogP contribution in [0.3, 0.4) is 0 Å². The van der Waals surface area contributed by atoms with E-state index in [1.54, 1.807) is 37.4 Å². The van der Waals surface area contributed by atoms with Gasteiger partial charge in [0.2, 0.25) is 17.6 Å². The van der Waals surface area contributed by atoms with Gasteiger partial charge in [-0.2, -0.15) is 4.98 Å². The number of sulfone groups is 1. The van der Waals surface area contributed by atoms with Crippen LogP contribution < -0.4 is 10.1 Å². The number of hydrogen-bond donors (Lipinski definition) is 1. The predicted octanol–water partition coefficient (Wildman–Crippen LogP) is 3.05. The summed E-state index contributed by atoms with van der Waals surface area (Å²) < 4.78 is 34.8. The number of methoxy groups -OCH3 is 1. The van der Waals surface area contributed by atoms with Crippen LogP contribution in [0.25, 0.3) is 11.4 Å². The Bertz CT molecular complexity index is 1080. The Kier molecular flexibility index (Phi) is 7.77. The summed E-state index contributed by atoms with van der Waals surface area (Å²) in [6, 6.07) is 15.6. The van der Waals surface area contributed by atoms with E-state index < -0.39 is 9.84 Å². The maximum Gasteiger partial charge on any atom is 0.226 e. The summed E-state index contributed by atoms with van der Waals surface area (Å²) in [6.07, 6.45) is 1.70. The normalized spacial score (nSPS) is 11.3. The number of ether oxygens (including phenoxy) is 1. The van der Waals surface area contributed by atoms with Crippen LogP contribution in [0.2, 0.25) is 0 Å². The number of hydrogen-bond acceptors (Lipinski definition) is 7. The van der Waals surface area contributed by atoms with Crippen molar-refractivity contribution >= 4 is 15.7 Å². The highest BCUT2D eigenvalue weighted by Crippen LogP contribution is 2.20. The Morgan fingerprint density at radius 3 is 2.52 bits per heavy atom. The third kappa shape index (κ3) is 6.65. The highest BCUT2D eigenvalue weighted by Gasteiger charge is 2.14. The van der Waals surface area contributed by atoms with Gasteiger partial charge in [-0.15, -0.1) is 0 Å². The maximum atomic E-state index is 12.2. The molecule has 1 heterocycles. The van der Waals surface area contributed by atoms with E-state index in [9.17, 15) is 13.2 Å². The minimum absolute atomic E-state index is 0.00653. The summed E-state index contributed by atoms with van der Waals surface area (Å²) in [5, 5.41) is 6.72. The molecule has 0 saturated heterocycles. The van der Waals surface area contributed by atoms with E-state index >= 15 is 0 Å². The van der Waals surface area contributed by atoms with Crippen molar-refractivity contribution in [2.75, 3.05) is 19.4 Å². The third-order valence-corrected chi connectivity index (χ3v) is 6.44. The fourth-order valence-corrected chi connectivity index (χ4v) is 4.27. The van der Waals surface area contributed by atoms with Crippen LogP contribution in [-0.4, -0.2) is 43.9 Å². The first-order valence-electron chi connectivity index (χ1n) is 9.99. The summed E-state index contributed by atoms with van der Waals surface area (Å²) in [4.78, 5) is 16.6. The highest BCUT2D eigenvalue weighted by atomic mass is 32.2. The lowest BCUT2D eigenvalue weighted by Crippen LogP contribution is -2.25. The van der Waals surface area contributed by atoms with Gasteiger partial charge in [0.25, 0.3) is 0 Å². The molecule has 164 valence electrons. The first-order valence-corrected chi connectivity index (χ1v) is 11.6. The lowest BCUT2D eigenvalue weighted by Gasteiger charge is -2.06. The zero-order valence-corrected chi connectivity index (χ0v) is 18.1. The molecule has 0 spiro atoms. The van der Waals surface area contributed by atoms with Gasteiger partial charge in [0.15, 0.2) is 9.84 Å². The minimum Gasteiger partial charge on any atom is -0.497 e. The summed E-state index contributed by atoms with van der Waals surface area (Å²) >= 11 is 0. The Labute approximate surface area is 181 Å². The molecule has 0 unspecified atom stereocenters. The van der Waals surface area contributed by atoms with Gasteiger partial charge in [-0.1, -0.05) is 23.4 Å². The average molecular weight is 444 g/mol. The molecule has 0 aliphatic rings. The van der Waals surface area contributed by atoms with E-state index in [0.717, 1.165) is 11.3 Å². The molecule has 9 heteroatoms. The summed E-state index contributed by atoms with van der Waals surface area (Å²) in [5.74, 6) is 1.56. The Hall–Kier alpha value is -3.20. The first kappa shape index (κ1) is 22.5. The number of carbonyl (C=O) groups is 1. The lowest BCUT2D eigenvalue weighted by atomic mass is 10.2. The molecule has 31 heavy (non-hydrogen) atoms. The number of benzene rings is 2. The molecule has 0 aliphatic heterocycles. The van der Waals surface area contributed by atoms with E-state index in [0.29, 0.717) is 48.8 Å². The average Bonchev–Trinajstić information content (AvgIpc) is 3.26. The lowest BCUT2D eigenvalue weighted by molar-refractivity contribution is -0.121. The van der Waals surface area contributed by atoms with Crippen molar-refractivity contribution in [2.24, 2.45) is 0 Å². The summed E-state index contributed by atoms with van der Waals surface area (Å²) in [7, 11) is -1.72. The topological polar surface area (TPSA) is 111 Å². The van der Waals surface area contributed by atoms with E-state index in [2.05, 4.69) is 15.5 Å². The van der Waals surface area contributed by atoms with Gasteiger partial charge in [-0.05, 0) is 49.2 Å². The van der Waals surface area contributed by atoms with Gasteiger partial charge in [-0.3, -0.25) is 4.79 Å². The quantitative estimate of drug-likeness (QED) is 0.453. The minimum atomic E-state index is -3.32. The number of nitrogens with one attached hydrogen (secondary N) is 1. The molecule has 0 aliphatic carbocycles. The van der Waals surface area contributed by atoms with Gasteiger partial charge in [-0.25, -0.2) is 8.42 Å². The summed E-state index contributed by atoms with van der Waals surface area (Å²) in [5.41, 5.74) is 0.819. The van der Waals surface area contributed by atoms with E-state index in [1.165, 1.54) is 0 Å². The summed E-state index contributed by atoms with van der Waals surface area (Å²) in [6.45, 7) is 0.313. The molecule has 0 radical (unpaired) electrons. The Morgan fingerprint density at radius 2 is 1.81 bits per heavy atom. The molecule has 1 amide bonds. The molecule has 1 N–H and O–H groups in total. The molecule has 0 saturated carbocycles. The molecule has 8 nitrogen and oxygen atoms in total. The molecule has 3 aromatic rings. The van der Waals surface area contributed by atoms with Crippen molar-refractivity contribution in [3.8, 4) is 17.1 Å². The Balaban J connectivity index is 1.35. The van der Waals surface area contributed by atoms with Crippen LogP contribution in [0.1, 0.15) is 25.2 Å². The Morgan fingerprint density at radius 1 is 1.06 bits per heavy atom. The van der Waals surface area contributed by atoms with Crippen LogP contribution in [0.4, 0.5) is 0 Å². The van der Waals surface area contributed by atoms with Crippen LogP contribution in [0.15, 0.2) is 64.0 Å². The number of nitrogens with zero attached hydrogens (tertiary/aromatic N) is 2. The molecular weight excluding hydrogens is 418 g/mol. The molecule has 0 fully saturated rings. The van der Waals surface area contributed by atoms with E-state index in [1.807, 2.05) is 24.3 Å². The van der Waals surface area contributed by atoms with Gasteiger partial charge < -0.3 is 14.6 Å². The highest BCUT2D eigenvalue weighted by molar-refractivity contribution is 7.91. The monoisotopic (exact) mass is 443 g/mol. The van der Waals surface area contributed by atoms with Crippen molar-refractivity contribution in [1.82, 2.24) is 15.5 Å². The maximum absolute atomic E-state index is 12.2. The molecular formula is C22H25N3O5S. The largest absolute Gasteiger partial charge is 0.497 e. The van der Waals surface area contributed by atoms with Gasteiger partial charge in [0.1, 0.15) is 5.75 Å². The van der Waals surface area contributed by atoms with E-state index in [-0.39, 0.29) is 11.7 Å².